The standard InChI is InChI=1S/C21H22ClN3O3/c22-19-10-6-16(14-20(19)25(27)28)7-11-21(26)23-18-8-4-17(5-9-18)15-24-12-2-1-3-13-24/h4-11,14H,1-3,12-13,15H2,(H,23,26)/b11-7+. The minimum atomic E-state index is -0.550. The Morgan fingerprint density at radius 1 is 1.14 bits per heavy atom. The number of nitrogens with one attached hydrogen (secondary N) is 1. The van der Waals surface area contributed by atoms with Crippen molar-refractivity contribution in [3.63, 3.8) is 0 Å². The highest BCUT2D eigenvalue weighted by Crippen LogP contribution is 2.25. The fourth-order valence-corrected chi connectivity index (χ4v) is 3.38. The first kappa shape index (κ1) is 20.0. The van der Waals surface area contributed by atoms with Crippen molar-refractivity contribution in [3.05, 3.63) is 74.8 Å². The van der Waals surface area contributed by atoms with Gasteiger partial charge >= 0.3 is 0 Å². The quantitative estimate of drug-likeness (QED) is 0.426. The highest BCUT2D eigenvalue weighted by molar-refractivity contribution is 6.32. The Balaban J connectivity index is 1.56. The summed E-state index contributed by atoms with van der Waals surface area (Å²) in [4.78, 5) is 24.9. The van der Waals surface area contributed by atoms with Crippen molar-refractivity contribution in [2.75, 3.05) is 18.4 Å². The molecule has 0 saturated carbocycles. The molecule has 0 aliphatic carbocycles. The predicted octanol–water partition coefficient (Wildman–Crippen LogP) is 4.89. The second-order valence-corrected chi connectivity index (χ2v) is 7.23. The van der Waals surface area contributed by atoms with Gasteiger partial charge < -0.3 is 5.32 Å². The van der Waals surface area contributed by atoms with Crippen molar-refractivity contribution < 1.29 is 9.72 Å². The monoisotopic (exact) mass is 399 g/mol. The fourth-order valence-electron chi connectivity index (χ4n) is 3.20. The highest BCUT2D eigenvalue weighted by Gasteiger charge is 2.12. The molecule has 0 unspecified atom stereocenters. The van der Waals surface area contributed by atoms with Crippen LogP contribution in [0, 0.1) is 10.1 Å². The molecule has 6 nitrogen and oxygen atoms in total. The summed E-state index contributed by atoms with van der Waals surface area (Å²) in [5.74, 6) is -0.304. The number of halogens is 1. The third kappa shape index (κ3) is 5.65. The summed E-state index contributed by atoms with van der Waals surface area (Å²) in [5, 5.41) is 13.8. The van der Waals surface area contributed by atoms with Gasteiger partial charge in [0.2, 0.25) is 5.91 Å². The van der Waals surface area contributed by atoms with Crippen molar-refractivity contribution in [2.24, 2.45) is 0 Å². The van der Waals surface area contributed by atoms with Crippen LogP contribution in [0.5, 0.6) is 0 Å². The van der Waals surface area contributed by atoms with E-state index in [4.69, 9.17) is 11.6 Å². The molecule has 3 rings (SSSR count). The molecule has 2 aromatic carbocycles. The van der Waals surface area contributed by atoms with Crippen molar-refractivity contribution in [1.29, 1.82) is 0 Å². The van der Waals surface area contributed by atoms with E-state index >= 15 is 0 Å². The number of nitrogens with zero attached hydrogens (tertiary/aromatic N) is 2. The molecule has 1 amide bonds. The molecular weight excluding hydrogens is 378 g/mol. The smallest absolute Gasteiger partial charge is 0.288 e. The molecule has 1 saturated heterocycles. The summed E-state index contributed by atoms with van der Waals surface area (Å²) in [6.45, 7) is 3.22. The minimum Gasteiger partial charge on any atom is -0.323 e. The van der Waals surface area contributed by atoms with Gasteiger partial charge in [0.05, 0.1) is 4.92 Å². The summed E-state index contributed by atoms with van der Waals surface area (Å²) in [5.41, 5.74) is 2.28. The maximum absolute atomic E-state index is 12.1. The molecule has 0 atom stereocenters. The zero-order chi connectivity index (χ0) is 19.9. The van der Waals surface area contributed by atoms with Crippen LogP contribution in [0.2, 0.25) is 5.02 Å². The van der Waals surface area contributed by atoms with Crippen LogP contribution in [0.25, 0.3) is 6.08 Å². The average Bonchev–Trinajstić information content (AvgIpc) is 2.69. The van der Waals surface area contributed by atoms with Crippen LogP contribution >= 0.6 is 11.6 Å². The van der Waals surface area contributed by atoms with E-state index in [1.54, 1.807) is 6.07 Å². The zero-order valence-electron chi connectivity index (χ0n) is 15.4. The number of hydrogen-bond donors (Lipinski definition) is 1. The van der Waals surface area contributed by atoms with E-state index in [9.17, 15) is 14.9 Å². The number of nitro groups is 1. The molecule has 1 heterocycles. The molecule has 0 spiro atoms. The van der Waals surface area contributed by atoms with Crippen LogP contribution in [0.1, 0.15) is 30.4 Å². The van der Waals surface area contributed by atoms with Gasteiger partial charge in [-0.2, -0.15) is 0 Å². The Morgan fingerprint density at radius 3 is 2.54 bits per heavy atom. The lowest BCUT2D eigenvalue weighted by Gasteiger charge is -2.26. The number of carbonyl (C=O) groups excluding carboxylic acids is 1. The maximum atomic E-state index is 12.1. The lowest BCUT2D eigenvalue weighted by Crippen LogP contribution is -2.29. The normalized spacial score (nSPS) is 14.9. The number of rotatable bonds is 6. The largest absolute Gasteiger partial charge is 0.323 e. The first-order chi connectivity index (χ1) is 13.5. The summed E-state index contributed by atoms with van der Waals surface area (Å²) < 4.78 is 0. The molecule has 1 fully saturated rings. The van der Waals surface area contributed by atoms with Crippen LogP contribution in [0.15, 0.2) is 48.5 Å². The average molecular weight is 400 g/mol. The third-order valence-corrected chi connectivity index (χ3v) is 4.99. The van der Waals surface area contributed by atoms with Gasteiger partial charge in [0, 0.05) is 24.4 Å². The Hall–Kier alpha value is -2.70. The number of hydrogen-bond acceptors (Lipinski definition) is 4. The Bertz CT molecular complexity index is 875. The molecule has 0 aromatic heterocycles. The summed E-state index contributed by atoms with van der Waals surface area (Å²) in [7, 11) is 0. The lowest BCUT2D eigenvalue weighted by atomic mass is 10.1. The zero-order valence-corrected chi connectivity index (χ0v) is 16.2. The van der Waals surface area contributed by atoms with Gasteiger partial charge in [-0.05, 0) is 61.3 Å². The number of anilines is 1. The molecule has 1 N–H and O–H groups in total. The molecule has 7 heteroatoms. The Kier molecular flexibility index (Phi) is 6.79. The van der Waals surface area contributed by atoms with Crippen molar-refractivity contribution >= 4 is 35.0 Å². The molecule has 2 aromatic rings. The van der Waals surface area contributed by atoms with E-state index in [0.29, 0.717) is 11.3 Å². The molecular formula is C21H22ClN3O3. The first-order valence-electron chi connectivity index (χ1n) is 9.25. The second-order valence-electron chi connectivity index (χ2n) is 6.82. The predicted molar refractivity (Wildman–Crippen MR) is 111 cm³/mol. The third-order valence-electron chi connectivity index (χ3n) is 4.67. The topological polar surface area (TPSA) is 75.5 Å². The van der Waals surface area contributed by atoms with Gasteiger partial charge in [0.25, 0.3) is 5.69 Å². The summed E-state index contributed by atoms with van der Waals surface area (Å²) in [6, 6.07) is 12.2. The van der Waals surface area contributed by atoms with E-state index in [0.717, 1.165) is 19.6 Å². The lowest BCUT2D eigenvalue weighted by molar-refractivity contribution is -0.384. The van der Waals surface area contributed by atoms with Crippen molar-refractivity contribution in [2.45, 2.75) is 25.8 Å². The molecule has 1 aliphatic heterocycles. The molecule has 0 radical (unpaired) electrons. The minimum absolute atomic E-state index is 0.0660. The SMILES string of the molecule is O=C(/C=C/c1ccc(Cl)c([N+](=O)[O-])c1)Nc1ccc(CN2CCCCC2)cc1. The van der Waals surface area contributed by atoms with Crippen LogP contribution in [-0.2, 0) is 11.3 Å². The summed E-state index contributed by atoms with van der Waals surface area (Å²) >= 11 is 5.79. The number of nitro benzene ring substituents is 1. The highest BCUT2D eigenvalue weighted by atomic mass is 35.5. The molecule has 1 aliphatic rings. The van der Waals surface area contributed by atoms with Gasteiger partial charge in [-0.25, -0.2) is 0 Å². The van der Waals surface area contributed by atoms with Crippen molar-refractivity contribution in [3.8, 4) is 0 Å². The number of amides is 1. The number of benzene rings is 2. The van der Waals surface area contributed by atoms with Crippen LogP contribution in [0.3, 0.4) is 0 Å². The number of likely N-dealkylation sites (tertiary alicyclic amines) is 1. The van der Waals surface area contributed by atoms with E-state index < -0.39 is 4.92 Å². The summed E-state index contributed by atoms with van der Waals surface area (Å²) in [6.07, 6.45) is 6.70. The van der Waals surface area contributed by atoms with E-state index in [1.165, 1.54) is 49.1 Å². The van der Waals surface area contributed by atoms with Gasteiger partial charge in [0.15, 0.2) is 0 Å². The Morgan fingerprint density at radius 2 is 1.86 bits per heavy atom. The van der Waals surface area contributed by atoms with Gasteiger partial charge in [-0.3, -0.25) is 19.8 Å². The maximum Gasteiger partial charge on any atom is 0.288 e. The molecule has 146 valence electrons. The first-order valence-corrected chi connectivity index (χ1v) is 9.63. The van der Waals surface area contributed by atoms with Crippen molar-refractivity contribution in [1.82, 2.24) is 4.90 Å². The van der Waals surface area contributed by atoms with Gasteiger partial charge in [0.1, 0.15) is 5.02 Å². The van der Waals surface area contributed by atoms with Crippen LogP contribution in [-0.4, -0.2) is 28.8 Å². The van der Waals surface area contributed by atoms with E-state index in [1.807, 2.05) is 24.3 Å². The van der Waals surface area contributed by atoms with E-state index in [2.05, 4.69) is 10.2 Å². The van der Waals surface area contributed by atoms with E-state index in [-0.39, 0.29) is 16.6 Å². The van der Waals surface area contributed by atoms with Gasteiger partial charge in [-0.15, -0.1) is 0 Å². The second kappa shape index (κ2) is 9.48. The molecule has 28 heavy (non-hydrogen) atoms. The number of carbonyl (C=O) groups is 1. The van der Waals surface area contributed by atoms with Crippen LogP contribution in [0.4, 0.5) is 11.4 Å². The fraction of sp³-hybridized carbons (Fsp3) is 0.286. The van der Waals surface area contributed by atoms with Gasteiger partial charge in [-0.1, -0.05) is 36.2 Å². The number of piperidine rings is 1. The Labute approximate surface area is 169 Å². The van der Waals surface area contributed by atoms with Crippen LogP contribution < -0.4 is 5.32 Å². The molecule has 0 bridgehead atoms.